The molecule has 6 heteroatoms. The molecule has 1 N–H and O–H groups in total. The maximum Gasteiger partial charge on any atom is 0.282 e. The molecule has 4 rings (SSSR count). The first-order valence-corrected chi connectivity index (χ1v) is 10.2. The molecule has 1 aliphatic heterocycles. The topological polar surface area (TPSA) is 58.6 Å². The number of imide groups is 1. The maximum atomic E-state index is 13.6. The average molecular weight is 433 g/mol. The van der Waals surface area contributed by atoms with Gasteiger partial charge in [0.25, 0.3) is 11.8 Å². The second-order valence-corrected chi connectivity index (χ2v) is 7.68. The van der Waals surface area contributed by atoms with E-state index in [-0.39, 0.29) is 11.3 Å². The highest BCUT2D eigenvalue weighted by Gasteiger charge is 2.41. The number of methoxy groups -OCH3 is 1. The summed E-state index contributed by atoms with van der Waals surface area (Å²) in [5.74, 6) is -0.377. The number of ether oxygens (including phenoxy) is 1. The quantitative estimate of drug-likeness (QED) is 0.551. The molecule has 3 aromatic carbocycles. The van der Waals surface area contributed by atoms with Crippen molar-refractivity contribution >= 4 is 40.4 Å². The van der Waals surface area contributed by atoms with E-state index < -0.39 is 11.8 Å². The fourth-order valence-electron chi connectivity index (χ4n) is 3.59. The molecule has 5 nitrogen and oxygen atoms in total. The van der Waals surface area contributed by atoms with Crippen LogP contribution in [0.3, 0.4) is 0 Å². The molecule has 0 unspecified atom stereocenters. The van der Waals surface area contributed by atoms with Crippen LogP contribution in [0.25, 0.3) is 5.57 Å². The van der Waals surface area contributed by atoms with Crippen molar-refractivity contribution in [1.29, 1.82) is 0 Å². The van der Waals surface area contributed by atoms with E-state index in [2.05, 4.69) is 5.32 Å². The Bertz CT molecular complexity index is 1220. The minimum Gasteiger partial charge on any atom is -0.496 e. The van der Waals surface area contributed by atoms with Crippen LogP contribution in [0.2, 0.25) is 5.02 Å². The summed E-state index contributed by atoms with van der Waals surface area (Å²) in [6.07, 6.45) is 0. The molecule has 0 spiro atoms. The van der Waals surface area contributed by atoms with Crippen LogP contribution in [0, 0.1) is 13.8 Å². The molecule has 2 amide bonds. The normalized spacial score (nSPS) is 13.7. The number of nitrogens with one attached hydrogen (secondary N) is 1. The summed E-state index contributed by atoms with van der Waals surface area (Å²) in [6, 6.07) is 19.9. The second-order valence-electron chi connectivity index (χ2n) is 7.27. The van der Waals surface area contributed by atoms with E-state index >= 15 is 0 Å². The SMILES string of the molecule is COc1ccccc1C1=C(Nc2ccc(C)cc2)C(=O)N(c2cccc(Cl)c2C)C1=O. The number of hydrogen-bond acceptors (Lipinski definition) is 4. The molecule has 1 heterocycles. The Morgan fingerprint density at radius 2 is 1.58 bits per heavy atom. The Morgan fingerprint density at radius 3 is 2.29 bits per heavy atom. The van der Waals surface area contributed by atoms with Crippen LogP contribution in [-0.2, 0) is 9.59 Å². The third kappa shape index (κ3) is 3.68. The summed E-state index contributed by atoms with van der Waals surface area (Å²) in [5, 5.41) is 3.64. The van der Waals surface area contributed by atoms with Gasteiger partial charge in [0.05, 0.1) is 18.4 Å². The van der Waals surface area contributed by atoms with E-state index in [1.54, 1.807) is 43.3 Å². The lowest BCUT2D eigenvalue weighted by molar-refractivity contribution is -0.120. The van der Waals surface area contributed by atoms with Crippen LogP contribution >= 0.6 is 11.6 Å². The first-order valence-electron chi connectivity index (χ1n) is 9.77. The van der Waals surface area contributed by atoms with Crippen molar-refractivity contribution in [3.63, 3.8) is 0 Å². The standard InChI is InChI=1S/C25H21ClN2O3/c1-15-11-13-17(14-12-15)27-23-22(18-7-4-5-10-21(18)31-3)24(29)28(25(23)30)20-9-6-8-19(26)16(20)2/h4-14,27H,1-3H3. The molecule has 0 aliphatic carbocycles. The molecule has 1 aliphatic rings. The fourth-order valence-corrected chi connectivity index (χ4v) is 3.75. The molecular formula is C25H21ClN2O3. The van der Waals surface area contributed by atoms with E-state index in [0.717, 1.165) is 5.56 Å². The number of halogens is 1. The van der Waals surface area contributed by atoms with Gasteiger partial charge in [-0.05, 0) is 49.7 Å². The second kappa shape index (κ2) is 8.28. The van der Waals surface area contributed by atoms with Gasteiger partial charge in [0.15, 0.2) is 0 Å². The monoisotopic (exact) mass is 432 g/mol. The van der Waals surface area contributed by atoms with Gasteiger partial charge in [0.1, 0.15) is 11.4 Å². The van der Waals surface area contributed by atoms with Crippen LogP contribution in [0.1, 0.15) is 16.7 Å². The molecule has 0 bridgehead atoms. The lowest BCUT2D eigenvalue weighted by atomic mass is 10.0. The van der Waals surface area contributed by atoms with Crippen LogP contribution in [0.4, 0.5) is 11.4 Å². The Kier molecular flexibility index (Phi) is 5.53. The number of hydrogen-bond donors (Lipinski definition) is 1. The summed E-state index contributed by atoms with van der Waals surface area (Å²) in [4.78, 5) is 28.3. The van der Waals surface area contributed by atoms with Crippen molar-refractivity contribution in [1.82, 2.24) is 0 Å². The molecule has 3 aromatic rings. The highest BCUT2D eigenvalue weighted by atomic mass is 35.5. The summed E-state index contributed by atoms with van der Waals surface area (Å²) >= 11 is 6.27. The van der Waals surface area contributed by atoms with Gasteiger partial charge >= 0.3 is 0 Å². The van der Waals surface area contributed by atoms with Gasteiger partial charge in [-0.1, -0.05) is 53.6 Å². The molecule has 0 saturated carbocycles. The van der Waals surface area contributed by atoms with E-state index in [9.17, 15) is 9.59 Å². The zero-order valence-corrected chi connectivity index (χ0v) is 18.2. The summed E-state index contributed by atoms with van der Waals surface area (Å²) < 4.78 is 5.47. The fraction of sp³-hybridized carbons (Fsp3) is 0.120. The van der Waals surface area contributed by atoms with Crippen molar-refractivity contribution < 1.29 is 14.3 Å². The van der Waals surface area contributed by atoms with E-state index in [0.29, 0.717) is 33.3 Å². The van der Waals surface area contributed by atoms with Crippen molar-refractivity contribution in [3.05, 3.63) is 94.1 Å². The number of rotatable bonds is 5. The van der Waals surface area contributed by atoms with E-state index in [4.69, 9.17) is 16.3 Å². The molecule has 0 aromatic heterocycles. The smallest absolute Gasteiger partial charge is 0.282 e. The third-order valence-corrected chi connectivity index (χ3v) is 5.67. The number of amides is 2. The average Bonchev–Trinajstić information content (AvgIpc) is 3.01. The molecule has 0 saturated heterocycles. The Morgan fingerprint density at radius 1 is 0.871 bits per heavy atom. The molecular weight excluding hydrogens is 412 g/mol. The number of carbonyl (C=O) groups is 2. The first-order chi connectivity index (χ1) is 14.9. The van der Waals surface area contributed by atoms with Gasteiger partial charge in [-0.2, -0.15) is 0 Å². The van der Waals surface area contributed by atoms with Gasteiger partial charge in [0, 0.05) is 16.3 Å². The number of aryl methyl sites for hydroxylation is 1. The van der Waals surface area contributed by atoms with Crippen molar-refractivity contribution in [2.24, 2.45) is 0 Å². The summed E-state index contributed by atoms with van der Waals surface area (Å²) in [6.45, 7) is 3.77. The predicted octanol–water partition coefficient (Wildman–Crippen LogP) is 5.36. The van der Waals surface area contributed by atoms with Crippen molar-refractivity contribution in [2.45, 2.75) is 13.8 Å². The molecule has 156 valence electrons. The number of nitrogens with zero attached hydrogens (tertiary/aromatic N) is 1. The van der Waals surface area contributed by atoms with Crippen molar-refractivity contribution in [3.8, 4) is 5.75 Å². The van der Waals surface area contributed by atoms with Crippen molar-refractivity contribution in [2.75, 3.05) is 17.3 Å². The molecule has 0 radical (unpaired) electrons. The number of carbonyl (C=O) groups excluding carboxylic acids is 2. The molecule has 0 fully saturated rings. The largest absolute Gasteiger partial charge is 0.496 e. The predicted molar refractivity (Wildman–Crippen MR) is 123 cm³/mol. The highest BCUT2D eigenvalue weighted by molar-refractivity contribution is 6.47. The Balaban J connectivity index is 1.88. The van der Waals surface area contributed by atoms with Gasteiger partial charge in [-0.15, -0.1) is 0 Å². The lowest BCUT2D eigenvalue weighted by Crippen LogP contribution is -2.33. The van der Waals surface area contributed by atoms with Gasteiger partial charge in [-0.25, -0.2) is 4.90 Å². The zero-order valence-electron chi connectivity index (χ0n) is 17.4. The number of anilines is 2. The number of para-hydroxylation sites is 1. The highest BCUT2D eigenvalue weighted by Crippen LogP contribution is 2.39. The molecule has 0 atom stereocenters. The minimum absolute atomic E-state index is 0.192. The van der Waals surface area contributed by atoms with Crippen LogP contribution < -0.4 is 15.0 Å². The number of benzene rings is 3. The van der Waals surface area contributed by atoms with Crippen LogP contribution in [0.5, 0.6) is 5.75 Å². The molecule has 31 heavy (non-hydrogen) atoms. The maximum absolute atomic E-state index is 13.6. The van der Waals surface area contributed by atoms with E-state index in [1.807, 2.05) is 37.3 Å². The van der Waals surface area contributed by atoms with Crippen LogP contribution in [0.15, 0.2) is 72.4 Å². The summed E-state index contributed by atoms with van der Waals surface area (Å²) in [7, 11) is 1.53. The first kappa shape index (κ1) is 20.7. The van der Waals surface area contributed by atoms with Crippen LogP contribution in [-0.4, -0.2) is 18.9 Å². The Hall–Kier alpha value is -3.57. The minimum atomic E-state index is -0.447. The Labute approximate surface area is 185 Å². The van der Waals surface area contributed by atoms with Gasteiger partial charge in [-0.3, -0.25) is 9.59 Å². The van der Waals surface area contributed by atoms with Gasteiger partial charge in [0.2, 0.25) is 0 Å². The lowest BCUT2D eigenvalue weighted by Gasteiger charge is -2.18. The van der Waals surface area contributed by atoms with Gasteiger partial charge < -0.3 is 10.1 Å². The summed E-state index contributed by atoms with van der Waals surface area (Å²) in [5.41, 5.74) is 3.89. The zero-order chi connectivity index (χ0) is 22.1. The van der Waals surface area contributed by atoms with E-state index in [1.165, 1.54) is 12.0 Å². The third-order valence-electron chi connectivity index (χ3n) is 5.26.